The molecule has 1 saturated heterocycles. The molecular formula is C16H18N2O3. The number of ether oxygens (including phenoxy) is 1. The van der Waals surface area contributed by atoms with E-state index in [2.05, 4.69) is 5.16 Å². The first kappa shape index (κ1) is 13.7. The summed E-state index contributed by atoms with van der Waals surface area (Å²) >= 11 is 0. The van der Waals surface area contributed by atoms with Crippen molar-refractivity contribution in [3.05, 3.63) is 47.7 Å². The highest BCUT2D eigenvalue weighted by atomic mass is 16.5. The van der Waals surface area contributed by atoms with Crippen LogP contribution < -0.4 is 4.74 Å². The summed E-state index contributed by atoms with van der Waals surface area (Å²) in [4.78, 5) is 14.3. The molecule has 0 N–H and O–H groups in total. The minimum absolute atomic E-state index is 0.101. The summed E-state index contributed by atoms with van der Waals surface area (Å²) in [7, 11) is 1.57. The molecule has 0 spiro atoms. The molecule has 3 rings (SSSR count). The Labute approximate surface area is 123 Å². The third-order valence-corrected chi connectivity index (χ3v) is 3.92. The quantitative estimate of drug-likeness (QED) is 0.870. The van der Waals surface area contributed by atoms with E-state index in [1.807, 2.05) is 41.3 Å². The second-order valence-corrected chi connectivity index (χ2v) is 5.20. The molecule has 1 aliphatic rings. The summed E-state index contributed by atoms with van der Waals surface area (Å²) in [6.45, 7) is 1.48. The fourth-order valence-corrected chi connectivity index (χ4v) is 2.69. The molecule has 0 radical (unpaired) electrons. The van der Waals surface area contributed by atoms with E-state index in [-0.39, 0.29) is 5.91 Å². The number of hydrogen-bond acceptors (Lipinski definition) is 4. The van der Waals surface area contributed by atoms with Gasteiger partial charge in [0.05, 0.1) is 7.11 Å². The SMILES string of the molecule is COc1cc(C2CCN(C(=O)c3ccccc3)CC2)on1. The number of nitrogens with zero attached hydrogens (tertiary/aromatic N) is 2. The van der Waals surface area contributed by atoms with Gasteiger partial charge >= 0.3 is 0 Å². The second kappa shape index (κ2) is 5.99. The summed E-state index contributed by atoms with van der Waals surface area (Å²) in [6, 6.07) is 11.2. The van der Waals surface area contributed by atoms with Crippen LogP contribution in [0.2, 0.25) is 0 Å². The lowest BCUT2D eigenvalue weighted by Gasteiger charge is -2.30. The molecule has 0 aliphatic carbocycles. The largest absolute Gasteiger partial charge is 0.479 e. The average molecular weight is 286 g/mol. The van der Waals surface area contributed by atoms with Crippen molar-refractivity contribution in [2.24, 2.45) is 0 Å². The van der Waals surface area contributed by atoms with Crippen LogP contribution in [-0.4, -0.2) is 36.2 Å². The summed E-state index contributed by atoms with van der Waals surface area (Å²) in [5, 5.41) is 3.83. The van der Waals surface area contributed by atoms with Gasteiger partial charge in [0.2, 0.25) is 0 Å². The Balaban J connectivity index is 1.61. The molecule has 1 aliphatic heterocycles. The molecule has 0 unspecified atom stereocenters. The van der Waals surface area contributed by atoms with Crippen molar-refractivity contribution in [2.45, 2.75) is 18.8 Å². The first-order valence-electron chi connectivity index (χ1n) is 7.13. The van der Waals surface area contributed by atoms with Gasteiger partial charge in [0, 0.05) is 30.6 Å². The number of likely N-dealkylation sites (tertiary alicyclic amines) is 1. The van der Waals surface area contributed by atoms with Gasteiger partial charge in [-0.1, -0.05) is 18.2 Å². The lowest BCUT2D eigenvalue weighted by atomic mass is 9.94. The van der Waals surface area contributed by atoms with E-state index in [1.165, 1.54) is 0 Å². The molecule has 0 bridgehead atoms. The van der Waals surface area contributed by atoms with Crippen molar-refractivity contribution in [1.29, 1.82) is 0 Å². The first-order valence-corrected chi connectivity index (χ1v) is 7.13. The molecular weight excluding hydrogens is 268 g/mol. The van der Waals surface area contributed by atoms with E-state index >= 15 is 0 Å². The molecule has 110 valence electrons. The van der Waals surface area contributed by atoms with E-state index in [1.54, 1.807) is 7.11 Å². The topological polar surface area (TPSA) is 55.6 Å². The van der Waals surface area contributed by atoms with Crippen LogP contribution in [0.15, 0.2) is 40.9 Å². The van der Waals surface area contributed by atoms with E-state index in [4.69, 9.17) is 9.26 Å². The van der Waals surface area contributed by atoms with Gasteiger partial charge < -0.3 is 14.2 Å². The minimum Gasteiger partial charge on any atom is -0.479 e. The Morgan fingerprint density at radius 1 is 1.29 bits per heavy atom. The number of carbonyl (C=O) groups excluding carboxylic acids is 1. The van der Waals surface area contributed by atoms with Crippen LogP contribution in [0, 0.1) is 0 Å². The lowest BCUT2D eigenvalue weighted by molar-refractivity contribution is 0.0706. The molecule has 0 atom stereocenters. The number of methoxy groups -OCH3 is 1. The standard InChI is InChI=1S/C16H18N2O3/c1-20-15-11-14(21-17-15)12-7-9-18(10-8-12)16(19)13-5-3-2-4-6-13/h2-6,11-12H,7-10H2,1H3. The van der Waals surface area contributed by atoms with E-state index in [0.717, 1.165) is 37.3 Å². The molecule has 1 fully saturated rings. The van der Waals surface area contributed by atoms with Crippen molar-refractivity contribution < 1.29 is 14.1 Å². The van der Waals surface area contributed by atoms with E-state index in [9.17, 15) is 4.79 Å². The third-order valence-electron chi connectivity index (χ3n) is 3.92. The van der Waals surface area contributed by atoms with Crippen LogP contribution in [0.3, 0.4) is 0 Å². The van der Waals surface area contributed by atoms with Crippen molar-refractivity contribution >= 4 is 5.91 Å². The number of piperidine rings is 1. The smallest absolute Gasteiger partial charge is 0.254 e. The lowest BCUT2D eigenvalue weighted by Crippen LogP contribution is -2.37. The molecule has 21 heavy (non-hydrogen) atoms. The predicted octanol–water partition coefficient (Wildman–Crippen LogP) is 2.70. The van der Waals surface area contributed by atoms with Gasteiger partial charge in [-0.2, -0.15) is 0 Å². The van der Waals surface area contributed by atoms with Crippen LogP contribution in [0.25, 0.3) is 0 Å². The first-order chi connectivity index (χ1) is 10.3. The Hall–Kier alpha value is -2.30. The second-order valence-electron chi connectivity index (χ2n) is 5.20. The van der Waals surface area contributed by atoms with Gasteiger partial charge in [-0.25, -0.2) is 0 Å². The van der Waals surface area contributed by atoms with Crippen LogP contribution in [0.5, 0.6) is 5.88 Å². The average Bonchev–Trinajstić information content (AvgIpc) is 3.04. The van der Waals surface area contributed by atoms with Gasteiger partial charge in [0.15, 0.2) is 0 Å². The summed E-state index contributed by atoms with van der Waals surface area (Å²) in [5.74, 6) is 1.76. The normalized spacial score (nSPS) is 16.0. The Kier molecular flexibility index (Phi) is 3.90. The van der Waals surface area contributed by atoms with Gasteiger partial charge in [0.1, 0.15) is 5.76 Å². The molecule has 1 amide bonds. The number of amides is 1. The summed E-state index contributed by atoms with van der Waals surface area (Å²) in [6.07, 6.45) is 1.77. The summed E-state index contributed by atoms with van der Waals surface area (Å²) in [5.41, 5.74) is 0.747. The predicted molar refractivity (Wildman–Crippen MR) is 77.4 cm³/mol. The van der Waals surface area contributed by atoms with Gasteiger partial charge in [-0.15, -0.1) is 0 Å². The highest BCUT2D eigenvalue weighted by Gasteiger charge is 2.27. The van der Waals surface area contributed by atoms with Crippen LogP contribution in [-0.2, 0) is 0 Å². The Morgan fingerprint density at radius 3 is 2.62 bits per heavy atom. The Bertz CT molecular complexity index is 601. The molecule has 2 heterocycles. The van der Waals surface area contributed by atoms with Crippen molar-refractivity contribution in [3.8, 4) is 5.88 Å². The number of carbonyl (C=O) groups is 1. The zero-order valence-corrected chi connectivity index (χ0v) is 12.0. The monoisotopic (exact) mass is 286 g/mol. The maximum atomic E-state index is 12.4. The fourth-order valence-electron chi connectivity index (χ4n) is 2.69. The van der Waals surface area contributed by atoms with Crippen molar-refractivity contribution in [1.82, 2.24) is 10.1 Å². The Morgan fingerprint density at radius 2 is 2.00 bits per heavy atom. The number of rotatable bonds is 3. The van der Waals surface area contributed by atoms with E-state index < -0.39 is 0 Å². The van der Waals surface area contributed by atoms with E-state index in [0.29, 0.717) is 11.8 Å². The molecule has 1 aromatic carbocycles. The van der Waals surface area contributed by atoms with Gasteiger partial charge in [-0.3, -0.25) is 4.79 Å². The third kappa shape index (κ3) is 2.91. The van der Waals surface area contributed by atoms with Crippen LogP contribution >= 0.6 is 0 Å². The van der Waals surface area contributed by atoms with Gasteiger partial charge in [0.25, 0.3) is 11.8 Å². The maximum absolute atomic E-state index is 12.4. The molecule has 1 aromatic heterocycles. The zero-order chi connectivity index (χ0) is 14.7. The number of hydrogen-bond donors (Lipinski definition) is 0. The highest BCUT2D eigenvalue weighted by Crippen LogP contribution is 2.30. The number of benzene rings is 1. The van der Waals surface area contributed by atoms with Crippen LogP contribution in [0.4, 0.5) is 0 Å². The van der Waals surface area contributed by atoms with Gasteiger partial charge in [-0.05, 0) is 30.1 Å². The zero-order valence-electron chi connectivity index (χ0n) is 12.0. The van der Waals surface area contributed by atoms with Crippen molar-refractivity contribution in [2.75, 3.05) is 20.2 Å². The molecule has 0 saturated carbocycles. The summed E-state index contributed by atoms with van der Waals surface area (Å²) < 4.78 is 10.3. The molecule has 2 aromatic rings. The van der Waals surface area contributed by atoms with Crippen molar-refractivity contribution in [3.63, 3.8) is 0 Å². The highest BCUT2D eigenvalue weighted by molar-refractivity contribution is 5.94. The maximum Gasteiger partial charge on any atom is 0.254 e. The fraction of sp³-hybridized carbons (Fsp3) is 0.375. The molecule has 5 heteroatoms. The number of aromatic nitrogens is 1. The minimum atomic E-state index is 0.101. The molecule has 5 nitrogen and oxygen atoms in total. The van der Waals surface area contributed by atoms with Crippen LogP contribution in [0.1, 0.15) is 34.9 Å².